The van der Waals surface area contributed by atoms with E-state index in [1.54, 1.807) is 24.5 Å². The minimum absolute atomic E-state index is 0. The second-order valence-corrected chi connectivity index (χ2v) is 7.08. The summed E-state index contributed by atoms with van der Waals surface area (Å²) in [5.74, 6) is 0.673. The van der Waals surface area contributed by atoms with Crippen molar-refractivity contribution in [1.82, 2.24) is 15.2 Å². The van der Waals surface area contributed by atoms with Crippen molar-refractivity contribution in [2.45, 2.75) is 26.8 Å². The number of rotatable bonds is 6. The predicted octanol–water partition coefficient (Wildman–Crippen LogP) is 3.78. The number of hydrogen-bond donors (Lipinski definition) is 1. The molecule has 0 aliphatic rings. The van der Waals surface area contributed by atoms with Crippen LogP contribution in [0.5, 0.6) is 5.75 Å². The topological polar surface area (TPSA) is 49.8 Å². The number of methoxy groups -OCH3 is 1. The van der Waals surface area contributed by atoms with Crippen LogP contribution in [0, 0.1) is 19.7 Å². The molecule has 0 saturated carbocycles. The van der Waals surface area contributed by atoms with E-state index in [1.165, 1.54) is 18.1 Å². The van der Waals surface area contributed by atoms with Gasteiger partial charge >= 0.3 is 0 Å². The molecular weight excluding hydrogens is 466 g/mol. The third-order valence-corrected chi connectivity index (χ3v) is 4.98. The van der Waals surface area contributed by atoms with Gasteiger partial charge in [-0.1, -0.05) is 6.07 Å². The fraction of sp³-hybridized carbons (Fsp3) is 0.444. The van der Waals surface area contributed by atoms with Crippen LogP contribution >= 0.6 is 35.3 Å². The van der Waals surface area contributed by atoms with Crippen molar-refractivity contribution in [1.29, 1.82) is 0 Å². The van der Waals surface area contributed by atoms with Crippen LogP contribution in [0.2, 0.25) is 0 Å². The zero-order chi connectivity index (χ0) is 18.4. The van der Waals surface area contributed by atoms with Gasteiger partial charge in [-0.25, -0.2) is 9.37 Å². The van der Waals surface area contributed by atoms with Gasteiger partial charge in [-0.15, -0.1) is 35.3 Å². The Hall–Kier alpha value is -1.42. The number of benzene rings is 1. The summed E-state index contributed by atoms with van der Waals surface area (Å²) in [5, 5.41) is 4.44. The molecule has 0 radical (unpaired) electrons. The normalized spacial score (nSPS) is 11.1. The molecule has 1 N–H and O–H groups in total. The van der Waals surface area contributed by atoms with Crippen molar-refractivity contribution in [2.75, 3.05) is 27.7 Å². The Balaban J connectivity index is 0.00000338. The van der Waals surface area contributed by atoms with Gasteiger partial charge in [0, 0.05) is 38.5 Å². The third kappa shape index (κ3) is 6.08. The highest BCUT2D eigenvalue weighted by molar-refractivity contribution is 14.0. The Bertz CT molecular complexity index is 751. The quantitative estimate of drug-likeness (QED) is 0.379. The first-order chi connectivity index (χ1) is 11.9. The molecule has 0 spiro atoms. The van der Waals surface area contributed by atoms with Crippen LogP contribution < -0.4 is 10.1 Å². The summed E-state index contributed by atoms with van der Waals surface area (Å²) in [7, 11) is 5.14. The van der Waals surface area contributed by atoms with Gasteiger partial charge in [-0.3, -0.25) is 4.99 Å². The summed E-state index contributed by atoms with van der Waals surface area (Å²) >= 11 is 1.73. The first-order valence-corrected chi connectivity index (χ1v) is 8.93. The van der Waals surface area contributed by atoms with Crippen LogP contribution in [0.4, 0.5) is 4.39 Å². The summed E-state index contributed by atoms with van der Waals surface area (Å²) in [6, 6.07) is 4.99. The first-order valence-electron chi connectivity index (χ1n) is 8.11. The molecule has 1 aromatic carbocycles. The van der Waals surface area contributed by atoms with Gasteiger partial charge in [-0.2, -0.15) is 0 Å². The smallest absolute Gasteiger partial charge is 0.193 e. The van der Waals surface area contributed by atoms with E-state index < -0.39 is 0 Å². The Kier molecular flexibility index (Phi) is 9.28. The lowest BCUT2D eigenvalue weighted by molar-refractivity contribution is 0.385. The number of aromatic nitrogens is 1. The van der Waals surface area contributed by atoms with Gasteiger partial charge in [0.15, 0.2) is 17.5 Å². The fourth-order valence-electron chi connectivity index (χ4n) is 2.63. The van der Waals surface area contributed by atoms with E-state index >= 15 is 0 Å². The lowest BCUT2D eigenvalue weighted by Crippen LogP contribution is -2.39. The summed E-state index contributed by atoms with van der Waals surface area (Å²) < 4.78 is 18.8. The molecule has 5 nitrogen and oxygen atoms in total. The van der Waals surface area contributed by atoms with E-state index in [0.717, 1.165) is 35.2 Å². The van der Waals surface area contributed by atoms with Crippen LogP contribution in [0.15, 0.2) is 23.2 Å². The SMILES string of the molecule is CN=C(NCCc1sc(C)nc1C)N(C)Cc1ccc(OC)c(F)c1.I. The van der Waals surface area contributed by atoms with Crippen LogP contribution in [-0.4, -0.2) is 43.6 Å². The molecule has 0 fully saturated rings. The van der Waals surface area contributed by atoms with E-state index in [-0.39, 0.29) is 35.5 Å². The van der Waals surface area contributed by atoms with Crippen molar-refractivity contribution in [3.05, 3.63) is 45.2 Å². The second-order valence-electron chi connectivity index (χ2n) is 5.79. The van der Waals surface area contributed by atoms with Crippen LogP contribution in [0.3, 0.4) is 0 Å². The Morgan fingerprint density at radius 1 is 1.38 bits per heavy atom. The molecule has 0 atom stereocenters. The van der Waals surface area contributed by atoms with Crippen LogP contribution in [0.1, 0.15) is 21.1 Å². The van der Waals surface area contributed by atoms with E-state index in [0.29, 0.717) is 6.54 Å². The number of thiazole rings is 1. The van der Waals surface area contributed by atoms with Crippen molar-refractivity contribution in [3.63, 3.8) is 0 Å². The summed E-state index contributed by atoms with van der Waals surface area (Å²) in [5.41, 5.74) is 1.96. The molecule has 0 unspecified atom stereocenters. The van der Waals surface area contributed by atoms with E-state index in [1.807, 2.05) is 31.9 Å². The van der Waals surface area contributed by atoms with Gasteiger partial charge in [0.2, 0.25) is 0 Å². The highest BCUT2D eigenvalue weighted by Crippen LogP contribution is 2.19. The van der Waals surface area contributed by atoms with E-state index in [2.05, 4.69) is 15.3 Å². The van der Waals surface area contributed by atoms with Gasteiger partial charge in [0.25, 0.3) is 0 Å². The lowest BCUT2D eigenvalue weighted by Gasteiger charge is -2.22. The van der Waals surface area contributed by atoms with Crippen LogP contribution in [-0.2, 0) is 13.0 Å². The maximum atomic E-state index is 13.8. The van der Waals surface area contributed by atoms with Crippen molar-refractivity contribution in [2.24, 2.45) is 4.99 Å². The molecular formula is C18H26FIN4OS. The van der Waals surface area contributed by atoms with Gasteiger partial charge in [-0.05, 0) is 31.5 Å². The van der Waals surface area contributed by atoms with Gasteiger partial charge in [0.05, 0.1) is 17.8 Å². The molecule has 2 rings (SSSR count). The monoisotopic (exact) mass is 492 g/mol. The molecule has 0 aliphatic heterocycles. The molecule has 8 heteroatoms. The number of halogens is 2. The molecule has 144 valence electrons. The van der Waals surface area contributed by atoms with Crippen molar-refractivity contribution >= 4 is 41.3 Å². The maximum Gasteiger partial charge on any atom is 0.193 e. The molecule has 2 aromatic rings. The molecule has 0 aliphatic carbocycles. The zero-order valence-corrected chi connectivity index (χ0v) is 18.9. The lowest BCUT2D eigenvalue weighted by atomic mass is 10.2. The number of hydrogen-bond acceptors (Lipinski definition) is 4. The van der Waals surface area contributed by atoms with Crippen LogP contribution in [0.25, 0.3) is 0 Å². The Morgan fingerprint density at radius 3 is 2.65 bits per heavy atom. The van der Waals surface area contributed by atoms with Crippen molar-refractivity contribution < 1.29 is 9.13 Å². The molecule has 0 amide bonds. The number of aryl methyl sites for hydroxylation is 2. The number of nitrogens with zero attached hydrogens (tertiary/aromatic N) is 3. The highest BCUT2D eigenvalue weighted by Gasteiger charge is 2.10. The summed E-state index contributed by atoms with van der Waals surface area (Å²) in [6.45, 7) is 5.39. The minimum atomic E-state index is -0.354. The van der Waals surface area contributed by atoms with Gasteiger partial charge < -0.3 is 15.0 Å². The number of aliphatic imine (C=N–C) groups is 1. The third-order valence-electron chi connectivity index (χ3n) is 3.84. The molecule has 1 heterocycles. The van der Waals surface area contributed by atoms with Gasteiger partial charge in [0.1, 0.15) is 0 Å². The molecule has 1 aromatic heterocycles. The molecule has 0 saturated heterocycles. The average molecular weight is 492 g/mol. The standard InChI is InChI=1S/C18H25FN4OS.HI/c1-12-17(25-13(2)22-12)8-9-21-18(20-3)23(4)11-14-6-7-16(24-5)15(19)10-14;/h6-7,10H,8-9,11H2,1-5H3,(H,20,21);1H. The maximum absolute atomic E-state index is 13.8. The minimum Gasteiger partial charge on any atom is -0.494 e. The Morgan fingerprint density at radius 2 is 2.12 bits per heavy atom. The number of nitrogens with one attached hydrogen (secondary N) is 1. The van der Waals surface area contributed by atoms with Crippen molar-refractivity contribution in [3.8, 4) is 5.75 Å². The number of guanidine groups is 1. The second kappa shape index (κ2) is 10.7. The van der Waals surface area contributed by atoms with E-state index in [9.17, 15) is 4.39 Å². The van der Waals surface area contributed by atoms with E-state index in [4.69, 9.17) is 4.74 Å². The first kappa shape index (κ1) is 22.6. The highest BCUT2D eigenvalue weighted by atomic mass is 127. The summed E-state index contributed by atoms with van der Waals surface area (Å²) in [6.07, 6.45) is 0.904. The fourth-order valence-corrected chi connectivity index (χ4v) is 3.57. The predicted molar refractivity (Wildman–Crippen MR) is 116 cm³/mol. The Labute approximate surface area is 175 Å². The molecule has 0 bridgehead atoms. The molecule has 26 heavy (non-hydrogen) atoms. The zero-order valence-electron chi connectivity index (χ0n) is 15.8. The average Bonchev–Trinajstić information content (AvgIpc) is 2.89. The summed E-state index contributed by atoms with van der Waals surface area (Å²) in [4.78, 5) is 12.0. The number of ether oxygens (including phenoxy) is 1. The largest absolute Gasteiger partial charge is 0.494 e.